The molecule has 0 saturated carbocycles. The Labute approximate surface area is 122 Å². The fourth-order valence-electron chi connectivity index (χ4n) is 1.65. The van der Waals surface area contributed by atoms with Crippen LogP contribution in [0.2, 0.25) is 0 Å². The van der Waals surface area contributed by atoms with Crippen LogP contribution >= 0.6 is 0 Å². The van der Waals surface area contributed by atoms with Crippen molar-refractivity contribution < 1.29 is 19.8 Å². The highest BCUT2D eigenvalue weighted by atomic mass is 16.4. The third-order valence-electron chi connectivity index (χ3n) is 2.88. The molecule has 0 fully saturated rings. The number of phenolic OH excluding ortho intramolecular Hbond substituents is 1. The maximum absolute atomic E-state index is 11.8. The van der Waals surface area contributed by atoms with E-state index >= 15 is 0 Å². The molecule has 1 aromatic rings. The molecule has 0 spiro atoms. The van der Waals surface area contributed by atoms with Gasteiger partial charge in [0.05, 0.1) is 12.5 Å². The quantitative estimate of drug-likeness (QED) is 0.722. The molecule has 0 saturated heterocycles. The molecule has 0 bridgehead atoms. The van der Waals surface area contributed by atoms with E-state index in [2.05, 4.69) is 5.32 Å². The minimum absolute atomic E-state index is 0.0888. The number of aliphatic carboxylic acids is 1. The van der Waals surface area contributed by atoms with Crippen molar-refractivity contribution in [3.63, 3.8) is 0 Å². The average molecular weight is 291 g/mol. The van der Waals surface area contributed by atoms with Gasteiger partial charge in [0.1, 0.15) is 11.8 Å². The number of carboxylic acid groups (broad SMARTS) is 1. The number of carbonyl (C=O) groups excluding carboxylic acids is 1. The van der Waals surface area contributed by atoms with Crippen molar-refractivity contribution in [3.8, 4) is 11.8 Å². The zero-order valence-corrected chi connectivity index (χ0v) is 11.6. The molecule has 0 aliphatic heterocycles. The summed E-state index contributed by atoms with van der Waals surface area (Å²) in [6.45, 7) is 0.230. The predicted molar refractivity (Wildman–Crippen MR) is 74.6 cm³/mol. The smallest absolute Gasteiger partial charge is 0.326 e. The zero-order chi connectivity index (χ0) is 15.8. The summed E-state index contributed by atoms with van der Waals surface area (Å²) in [4.78, 5) is 24.3. The number of aromatic hydroxyl groups is 1. The van der Waals surface area contributed by atoms with Gasteiger partial charge < -0.3 is 20.4 Å². The molecule has 0 unspecified atom stereocenters. The Hall–Kier alpha value is -2.75. The first-order valence-electron chi connectivity index (χ1n) is 6.33. The Morgan fingerprint density at radius 3 is 2.52 bits per heavy atom. The molecule has 1 rings (SSSR count). The molecule has 3 N–H and O–H groups in total. The van der Waals surface area contributed by atoms with Gasteiger partial charge in [-0.25, -0.2) is 9.59 Å². The van der Waals surface area contributed by atoms with Gasteiger partial charge in [0.25, 0.3) is 0 Å². The van der Waals surface area contributed by atoms with E-state index in [1.807, 2.05) is 6.07 Å². The summed E-state index contributed by atoms with van der Waals surface area (Å²) in [5.74, 6) is -1.06. The van der Waals surface area contributed by atoms with Gasteiger partial charge in [-0.1, -0.05) is 12.1 Å². The van der Waals surface area contributed by atoms with Crippen LogP contribution in [0.1, 0.15) is 12.0 Å². The van der Waals surface area contributed by atoms with E-state index in [4.69, 9.17) is 10.4 Å². The third-order valence-corrected chi connectivity index (χ3v) is 2.88. The summed E-state index contributed by atoms with van der Waals surface area (Å²) in [5, 5.41) is 29.2. The van der Waals surface area contributed by atoms with Crippen LogP contribution in [-0.2, 0) is 11.2 Å². The Balaban J connectivity index is 2.65. The normalized spacial score (nSPS) is 11.2. The lowest BCUT2D eigenvalue weighted by Crippen LogP contribution is -2.47. The van der Waals surface area contributed by atoms with Crippen LogP contribution < -0.4 is 5.32 Å². The minimum atomic E-state index is -1.15. The van der Waals surface area contributed by atoms with Crippen molar-refractivity contribution in [2.75, 3.05) is 13.6 Å². The van der Waals surface area contributed by atoms with Gasteiger partial charge in [-0.05, 0) is 17.7 Å². The van der Waals surface area contributed by atoms with Crippen molar-refractivity contribution in [3.05, 3.63) is 29.8 Å². The molecule has 1 atom stereocenters. The fraction of sp³-hybridized carbons (Fsp3) is 0.357. The molecule has 1 aromatic carbocycles. The average Bonchev–Trinajstić information content (AvgIpc) is 2.45. The van der Waals surface area contributed by atoms with E-state index in [0.717, 1.165) is 0 Å². The molecular formula is C14H17N3O4. The van der Waals surface area contributed by atoms with Gasteiger partial charge in [-0.2, -0.15) is 5.26 Å². The lowest BCUT2D eigenvalue weighted by Gasteiger charge is -2.20. The number of carbonyl (C=O) groups is 2. The van der Waals surface area contributed by atoms with E-state index < -0.39 is 18.0 Å². The number of nitriles is 1. The number of nitrogens with one attached hydrogen (secondary N) is 1. The number of benzene rings is 1. The summed E-state index contributed by atoms with van der Waals surface area (Å²) in [7, 11) is 1.49. The minimum Gasteiger partial charge on any atom is -0.508 e. The molecule has 21 heavy (non-hydrogen) atoms. The van der Waals surface area contributed by atoms with Gasteiger partial charge in [0.15, 0.2) is 0 Å². The first kappa shape index (κ1) is 16.3. The standard InChI is InChI=1S/C14H17N3O4/c1-17(8-2-7-15)14(21)16-12(13(19)20)9-10-3-5-11(18)6-4-10/h3-6,12,18H,2,8-9H2,1H3,(H,16,21)(H,19,20)/t12-/m1/s1. The van der Waals surface area contributed by atoms with Gasteiger partial charge in [0, 0.05) is 20.0 Å². The molecule has 7 nitrogen and oxygen atoms in total. The number of amides is 2. The molecule has 0 heterocycles. The molecule has 0 aromatic heterocycles. The van der Waals surface area contributed by atoms with E-state index in [1.165, 1.54) is 24.1 Å². The lowest BCUT2D eigenvalue weighted by molar-refractivity contribution is -0.139. The van der Waals surface area contributed by atoms with Crippen LogP contribution in [0.5, 0.6) is 5.75 Å². The number of hydrogen-bond donors (Lipinski definition) is 3. The highest BCUT2D eigenvalue weighted by molar-refractivity contribution is 5.82. The lowest BCUT2D eigenvalue weighted by atomic mass is 10.1. The Morgan fingerprint density at radius 2 is 2.00 bits per heavy atom. The van der Waals surface area contributed by atoms with Crippen LogP contribution in [-0.4, -0.2) is 46.7 Å². The third kappa shape index (κ3) is 5.40. The molecule has 2 amide bonds. The van der Waals surface area contributed by atoms with Crippen molar-refractivity contribution in [2.24, 2.45) is 0 Å². The van der Waals surface area contributed by atoms with Crippen LogP contribution in [0.4, 0.5) is 4.79 Å². The first-order valence-corrected chi connectivity index (χ1v) is 6.33. The highest BCUT2D eigenvalue weighted by Gasteiger charge is 2.22. The Morgan fingerprint density at radius 1 is 1.38 bits per heavy atom. The SMILES string of the molecule is CN(CCC#N)C(=O)N[C@H](Cc1ccc(O)cc1)C(=O)O. The molecule has 7 heteroatoms. The van der Waals surface area contributed by atoms with Crippen LogP contribution in [0.3, 0.4) is 0 Å². The molecular weight excluding hydrogens is 274 g/mol. The van der Waals surface area contributed by atoms with E-state index in [9.17, 15) is 14.7 Å². The Kier molecular flexibility index (Phi) is 6.01. The summed E-state index contributed by atoms with van der Waals surface area (Å²) in [6, 6.07) is 6.39. The van der Waals surface area contributed by atoms with Crippen LogP contribution in [0.25, 0.3) is 0 Å². The molecule has 0 radical (unpaired) electrons. The van der Waals surface area contributed by atoms with Gasteiger partial charge >= 0.3 is 12.0 Å². The maximum atomic E-state index is 11.8. The van der Waals surface area contributed by atoms with E-state index in [0.29, 0.717) is 5.56 Å². The molecule has 0 aliphatic carbocycles. The predicted octanol–water partition coefficient (Wildman–Crippen LogP) is 0.943. The number of urea groups is 1. The number of rotatable bonds is 6. The fourth-order valence-corrected chi connectivity index (χ4v) is 1.65. The summed E-state index contributed by atoms with van der Waals surface area (Å²) in [5.41, 5.74) is 0.681. The van der Waals surface area contributed by atoms with Crippen molar-refractivity contribution in [2.45, 2.75) is 18.9 Å². The number of nitrogens with zero attached hydrogens (tertiary/aromatic N) is 2. The topological polar surface area (TPSA) is 114 Å². The van der Waals surface area contributed by atoms with E-state index in [1.54, 1.807) is 12.1 Å². The zero-order valence-electron chi connectivity index (χ0n) is 11.6. The van der Waals surface area contributed by atoms with Gasteiger partial charge in [-0.3, -0.25) is 0 Å². The van der Waals surface area contributed by atoms with Crippen LogP contribution in [0, 0.1) is 11.3 Å². The number of phenols is 1. The molecule has 0 aliphatic rings. The second-order valence-corrected chi connectivity index (χ2v) is 4.54. The second kappa shape index (κ2) is 7.75. The monoisotopic (exact) mass is 291 g/mol. The highest BCUT2D eigenvalue weighted by Crippen LogP contribution is 2.11. The Bertz CT molecular complexity index is 536. The van der Waals surface area contributed by atoms with Crippen molar-refractivity contribution in [1.82, 2.24) is 10.2 Å². The first-order chi connectivity index (χ1) is 9.93. The molecule has 112 valence electrons. The van der Waals surface area contributed by atoms with Gasteiger partial charge in [0.2, 0.25) is 0 Å². The van der Waals surface area contributed by atoms with Gasteiger partial charge in [-0.15, -0.1) is 0 Å². The summed E-state index contributed by atoms with van der Waals surface area (Å²) < 4.78 is 0. The number of carboxylic acids is 1. The van der Waals surface area contributed by atoms with Crippen molar-refractivity contribution >= 4 is 12.0 Å². The van der Waals surface area contributed by atoms with E-state index in [-0.39, 0.29) is 25.1 Å². The maximum Gasteiger partial charge on any atom is 0.326 e. The summed E-state index contributed by atoms with van der Waals surface area (Å²) >= 11 is 0. The van der Waals surface area contributed by atoms with Crippen molar-refractivity contribution in [1.29, 1.82) is 5.26 Å². The largest absolute Gasteiger partial charge is 0.508 e. The second-order valence-electron chi connectivity index (χ2n) is 4.54. The van der Waals surface area contributed by atoms with Crippen LogP contribution in [0.15, 0.2) is 24.3 Å². The number of hydrogen-bond acceptors (Lipinski definition) is 4. The summed E-state index contributed by atoms with van der Waals surface area (Å²) in [6.07, 6.45) is 0.285.